The summed E-state index contributed by atoms with van der Waals surface area (Å²) in [5.74, 6) is 0.236. The van der Waals surface area contributed by atoms with Gasteiger partial charge in [-0.05, 0) is 43.7 Å². The van der Waals surface area contributed by atoms with Gasteiger partial charge in [0, 0.05) is 33.9 Å². The lowest BCUT2D eigenvalue weighted by Gasteiger charge is -2.25. The van der Waals surface area contributed by atoms with Crippen LogP contribution in [0.1, 0.15) is 35.4 Å². The molecule has 0 spiro atoms. The minimum atomic E-state index is -0.834. The molecule has 0 N–H and O–H groups in total. The first-order valence-corrected chi connectivity index (χ1v) is 14.8. The molecule has 0 saturated carbocycles. The average Bonchev–Trinajstić information content (AvgIpc) is 3.61. The number of fused-ring (bicyclic) bond motifs is 1. The Morgan fingerprint density at radius 3 is 2.55 bits per heavy atom. The van der Waals surface area contributed by atoms with Crippen LogP contribution in [0.25, 0.3) is 23.1 Å². The summed E-state index contributed by atoms with van der Waals surface area (Å²) in [7, 11) is 0. The van der Waals surface area contributed by atoms with E-state index in [4.69, 9.17) is 25.7 Å². The van der Waals surface area contributed by atoms with Crippen molar-refractivity contribution in [2.75, 3.05) is 6.61 Å². The van der Waals surface area contributed by atoms with Crippen LogP contribution >= 0.6 is 22.9 Å². The van der Waals surface area contributed by atoms with Crippen molar-refractivity contribution in [3.63, 3.8) is 0 Å². The van der Waals surface area contributed by atoms with E-state index < -0.39 is 16.9 Å². The Kier molecular flexibility index (Phi) is 7.86. The van der Waals surface area contributed by atoms with Gasteiger partial charge in [-0.1, -0.05) is 77.5 Å². The number of rotatable bonds is 7. The summed E-state index contributed by atoms with van der Waals surface area (Å²) in [6.07, 6.45) is 1.61. The number of nitrogens with zero attached hydrogens (tertiary/aromatic N) is 3. The molecule has 0 unspecified atom stereocenters. The minimum Gasteiger partial charge on any atom is -0.463 e. The third-order valence-corrected chi connectivity index (χ3v) is 8.46. The fourth-order valence-corrected chi connectivity index (χ4v) is 6.30. The summed E-state index contributed by atoms with van der Waals surface area (Å²) in [6.45, 7) is 3.53. The highest BCUT2D eigenvalue weighted by atomic mass is 35.5. The van der Waals surface area contributed by atoms with Crippen LogP contribution in [0, 0.1) is 17.0 Å². The second kappa shape index (κ2) is 11.9. The summed E-state index contributed by atoms with van der Waals surface area (Å²) in [4.78, 5) is 43.8. The van der Waals surface area contributed by atoms with Crippen molar-refractivity contribution >= 4 is 46.4 Å². The summed E-state index contributed by atoms with van der Waals surface area (Å²) >= 11 is 7.36. The molecule has 1 aliphatic rings. The van der Waals surface area contributed by atoms with E-state index in [0.29, 0.717) is 53.8 Å². The largest absolute Gasteiger partial charge is 0.463 e. The molecule has 0 saturated heterocycles. The van der Waals surface area contributed by atoms with Crippen molar-refractivity contribution < 1.29 is 18.9 Å². The van der Waals surface area contributed by atoms with Gasteiger partial charge in [-0.25, -0.2) is 9.79 Å². The molecule has 1 aliphatic heterocycles. The Balaban J connectivity index is 1.54. The fourth-order valence-electron chi connectivity index (χ4n) is 5.19. The van der Waals surface area contributed by atoms with E-state index >= 15 is 0 Å². The fraction of sp³-hybridized carbons (Fsp3) is 0.121. The van der Waals surface area contributed by atoms with Gasteiger partial charge in [-0.3, -0.25) is 19.5 Å². The van der Waals surface area contributed by atoms with Gasteiger partial charge in [-0.2, -0.15) is 0 Å². The number of thiazole rings is 1. The van der Waals surface area contributed by atoms with Crippen LogP contribution in [0.4, 0.5) is 5.69 Å². The van der Waals surface area contributed by atoms with Gasteiger partial charge >= 0.3 is 5.97 Å². The smallest absolute Gasteiger partial charge is 0.338 e. The van der Waals surface area contributed by atoms with Crippen molar-refractivity contribution in [2.45, 2.75) is 19.9 Å². The second-order valence-electron chi connectivity index (χ2n) is 9.89. The highest BCUT2D eigenvalue weighted by molar-refractivity contribution is 7.07. The quantitative estimate of drug-likeness (QED) is 0.123. The normalized spacial score (nSPS) is 14.7. The molecule has 44 heavy (non-hydrogen) atoms. The number of carbonyl (C=O) groups excluding carboxylic acids is 1. The van der Waals surface area contributed by atoms with Crippen LogP contribution in [-0.4, -0.2) is 22.1 Å². The van der Waals surface area contributed by atoms with E-state index in [0.717, 1.165) is 0 Å². The topological polar surface area (TPSA) is 117 Å². The third-order valence-electron chi connectivity index (χ3n) is 7.23. The predicted octanol–water partition coefficient (Wildman–Crippen LogP) is 6.07. The number of hydrogen-bond acceptors (Lipinski definition) is 8. The molecule has 6 rings (SSSR count). The molecule has 0 bridgehead atoms. The number of furan rings is 1. The Morgan fingerprint density at radius 2 is 1.84 bits per heavy atom. The zero-order chi connectivity index (χ0) is 31.0. The van der Waals surface area contributed by atoms with Gasteiger partial charge in [0.05, 0.1) is 33.4 Å². The van der Waals surface area contributed by atoms with Crippen LogP contribution in [0.3, 0.4) is 0 Å². The van der Waals surface area contributed by atoms with Crippen LogP contribution < -0.4 is 14.9 Å². The maximum absolute atomic E-state index is 14.1. The monoisotopic (exact) mass is 625 g/mol. The van der Waals surface area contributed by atoms with Crippen molar-refractivity contribution in [2.24, 2.45) is 4.99 Å². The first kappa shape index (κ1) is 29.0. The molecule has 0 radical (unpaired) electrons. The van der Waals surface area contributed by atoms with Gasteiger partial charge < -0.3 is 9.15 Å². The van der Waals surface area contributed by atoms with E-state index in [1.165, 1.54) is 22.0 Å². The van der Waals surface area contributed by atoms with E-state index in [9.17, 15) is 19.7 Å². The van der Waals surface area contributed by atoms with Crippen LogP contribution in [0.5, 0.6) is 0 Å². The number of ether oxygens (including phenoxy) is 1. The number of carbonyl (C=O) groups is 1. The number of hydrogen-bond donors (Lipinski definition) is 0. The van der Waals surface area contributed by atoms with E-state index in [2.05, 4.69) is 0 Å². The highest BCUT2D eigenvalue weighted by Crippen LogP contribution is 2.36. The van der Waals surface area contributed by atoms with Gasteiger partial charge in [0.15, 0.2) is 4.80 Å². The zero-order valence-corrected chi connectivity index (χ0v) is 25.1. The van der Waals surface area contributed by atoms with E-state index in [-0.39, 0.29) is 23.4 Å². The summed E-state index contributed by atoms with van der Waals surface area (Å²) in [5, 5.41) is 11.9. The Morgan fingerprint density at radius 1 is 1.09 bits per heavy atom. The van der Waals surface area contributed by atoms with E-state index in [1.807, 2.05) is 30.3 Å². The zero-order valence-electron chi connectivity index (χ0n) is 23.5. The van der Waals surface area contributed by atoms with Gasteiger partial charge in [0.1, 0.15) is 11.5 Å². The van der Waals surface area contributed by atoms with Crippen molar-refractivity contribution in [1.82, 2.24) is 4.57 Å². The van der Waals surface area contributed by atoms with E-state index in [1.54, 1.807) is 68.5 Å². The Bertz CT molecular complexity index is 2130. The minimum absolute atomic E-state index is 0.0115. The second-order valence-corrected chi connectivity index (χ2v) is 11.3. The predicted molar refractivity (Wildman–Crippen MR) is 168 cm³/mol. The van der Waals surface area contributed by atoms with Crippen LogP contribution in [0.15, 0.2) is 105 Å². The molecule has 9 nitrogen and oxygen atoms in total. The van der Waals surface area contributed by atoms with Crippen LogP contribution in [0.2, 0.25) is 5.02 Å². The molecular formula is C33H24ClN3O6S. The van der Waals surface area contributed by atoms with Gasteiger partial charge in [-0.15, -0.1) is 0 Å². The molecule has 3 heterocycles. The van der Waals surface area contributed by atoms with Gasteiger partial charge in [0.25, 0.3) is 11.2 Å². The lowest BCUT2D eigenvalue weighted by Crippen LogP contribution is -2.39. The molecule has 220 valence electrons. The Labute approximate surface area is 259 Å². The number of halogens is 1. The summed E-state index contributed by atoms with van der Waals surface area (Å²) in [5.41, 5.74) is 2.69. The molecule has 1 atom stereocenters. The lowest BCUT2D eigenvalue weighted by molar-refractivity contribution is -0.385. The first-order chi connectivity index (χ1) is 21.3. The molecular weight excluding hydrogens is 602 g/mol. The number of esters is 1. The number of benzene rings is 3. The summed E-state index contributed by atoms with van der Waals surface area (Å²) < 4.78 is 13.3. The molecule has 3 aromatic carbocycles. The Hall–Kier alpha value is -5.06. The molecule has 11 heteroatoms. The van der Waals surface area contributed by atoms with Crippen molar-refractivity contribution in [1.29, 1.82) is 0 Å². The van der Waals surface area contributed by atoms with Crippen LogP contribution in [-0.2, 0) is 9.53 Å². The highest BCUT2D eigenvalue weighted by Gasteiger charge is 2.35. The molecule has 5 aromatic rings. The average molecular weight is 626 g/mol. The maximum Gasteiger partial charge on any atom is 0.338 e. The maximum atomic E-state index is 14.1. The first-order valence-electron chi connectivity index (χ1n) is 13.6. The van der Waals surface area contributed by atoms with Gasteiger partial charge in [0.2, 0.25) is 0 Å². The number of nitro benzene ring substituents is 1. The third kappa shape index (κ3) is 5.29. The molecule has 0 fully saturated rings. The van der Waals surface area contributed by atoms with Crippen molar-refractivity contribution in [3.05, 3.63) is 148 Å². The molecule has 2 aromatic heterocycles. The summed E-state index contributed by atoms with van der Waals surface area (Å²) in [6, 6.07) is 23.6. The number of aromatic nitrogens is 1. The van der Waals surface area contributed by atoms with Crippen molar-refractivity contribution in [3.8, 4) is 11.3 Å². The molecule has 0 amide bonds. The standard InChI is InChI=1S/C33H24ClN3O6S/c1-3-42-32(39)28-29(20-8-5-4-6-9-20)35-33-36(30(28)21-12-14-22(34)15-13-21)31(38)27(44-33)18-23-16-17-26(43-23)24-10-7-11-25(19(24)2)37(40)41/h4-18,30H,3H2,1-2H3/b27-18+/t30-/m0/s1. The number of nitro groups is 1. The lowest BCUT2D eigenvalue weighted by atomic mass is 9.93. The SMILES string of the molecule is CCOC(=O)C1=C(c2ccccc2)N=c2s/c(=C/c3ccc(-c4cccc([N+](=O)[O-])c4C)o3)c(=O)n2[C@H]1c1ccc(Cl)cc1. The molecule has 0 aliphatic carbocycles.